The normalized spacial score (nSPS) is 6.30. The summed E-state index contributed by atoms with van der Waals surface area (Å²) in [6.07, 6.45) is -0.361. The maximum atomic E-state index is 9.87. The number of carboxylic acid groups (broad SMARTS) is 1. The Hall–Kier alpha value is -0.341. The predicted molar refractivity (Wildman–Crippen MR) is 34.0 cm³/mol. The molecule has 0 heterocycles. The van der Waals surface area contributed by atoms with Crippen LogP contribution in [0.15, 0.2) is 0 Å². The van der Waals surface area contributed by atoms with Gasteiger partial charge in [-0.05, 0) is 6.92 Å². The van der Waals surface area contributed by atoms with Crippen LogP contribution in [0.5, 0.6) is 0 Å². The van der Waals surface area contributed by atoms with Crippen LogP contribution in [-0.4, -0.2) is 16.9 Å². The van der Waals surface area contributed by atoms with Gasteiger partial charge in [0.15, 0.2) is 0 Å². The molecule has 0 fully saturated rings. The Balaban J connectivity index is -0.000000149. The summed E-state index contributed by atoms with van der Waals surface area (Å²) in [6, 6.07) is 0. The molecule has 0 saturated carbocycles. The Kier molecular flexibility index (Phi) is 18.7. The van der Waals surface area contributed by atoms with Crippen molar-refractivity contribution >= 4 is 11.8 Å². The first-order chi connectivity index (χ1) is 4.13. The van der Waals surface area contributed by atoms with E-state index in [0.717, 1.165) is 0 Å². The summed E-state index contributed by atoms with van der Waals surface area (Å²) in [6.45, 7) is 6.24. The van der Waals surface area contributed by atoms with Crippen molar-refractivity contribution < 1.29 is 31.8 Å². The zero-order valence-corrected chi connectivity index (χ0v) is 7.14. The van der Waals surface area contributed by atoms with Crippen LogP contribution in [0.2, 0.25) is 0 Å². The molecule has 0 saturated heterocycles. The van der Waals surface area contributed by atoms with Gasteiger partial charge in [0.1, 0.15) is 12.2 Å². The molecule has 4 heteroatoms. The second-order valence-electron chi connectivity index (χ2n) is 1.27. The Labute approximate surface area is 71.3 Å². The number of ketones is 1. The number of carbonyl (C=O) groups is 2. The molecule has 10 heavy (non-hydrogen) atoms. The van der Waals surface area contributed by atoms with Crippen molar-refractivity contribution in [2.24, 2.45) is 0 Å². The minimum atomic E-state index is -1.06. The standard InChI is InChI=1S/C4H6O3.C2H5.Fe/c1-3(5)2-4(6)7;1-2;/h2H2,1H3,(H,6,7);1H2,2H3;/q;-1;. The molecular formula is C6H11FeO3-. The molecular weight excluding hydrogens is 176 g/mol. The van der Waals surface area contributed by atoms with Crippen molar-refractivity contribution in [2.75, 3.05) is 0 Å². The zero-order chi connectivity index (χ0) is 7.86. The number of hydrogen-bond donors (Lipinski definition) is 1. The van der Waals surface area contributed by atoms with Gasteiger partial charge in [-0.15, -0.1) is 0 Å². The van der Waals surface area contributed by atoms with Gasteiger partial charge < -0.3 is 12.0 Å². The Bertz CT molecular complexity index is 89.2. The molecule has 62 valence electrons. The minimum Gasteiger partial charge on any atom is -0.481 e. The largest absolute Gasteiger partial charge is 0.481 e. The van der Waals surface area contributed by atoms with Crippen LogP contribution in [0.25, 0.3) is 0 Å². The number of carbonyl (C=O) groups excluding carboxylic acids is 1. The summed E-state index contributed by atoms with van der Waals surface area (Å²) < 4.78 is 0. The van der Waals surface area contributed by atoms with Gasteiger partial charge in [0.25, 0.3) is 0 Å². The summed E-state index contributed by atoms with van der Waals surface area (Å²) >= 11 is 0. The molecule has 0 aromatic carbocycles. The fraction of sp³-hybridized carbons (Fsp3) is 0.500. The smallest absolute Gasteiger partial charge is 0.310 e. The molecule has 0 aromatic heterocycles. The van der Waals surface area contributed by atoms with E-state index in [9.17, 15) is 9.59 Å². The molecule has 1 N–H and O–H groups in total. The summed E-state index contributed by atoms with van der Waals surface area (Å²) in [5.74, 6) is -1.37. The van der Waals surface area contributed by atoms with Gasteiger partial charge >= 0.3 is 5.97 Å². The van der Waals surface area contributed by atoms with E-state index in [0.29, 0.717) is 0 Å². The van der Waals surface area contributed by atoms with Crippen LogP contribution in [0.4, 0.5) is 0 Å². The second kappa shape index (κ2) is 11.5. The van der Waals surface area contributed by atoms with E-state index >= 15 is 0 Å². The van der Waals surface area contributed by atoms with Crippen LogP contribution < -0.4 is 0 Å². The molecule has 0 aliphatic carbocycles. The molecule has 0 atom stereocenters. The SMILES string of the molecule is CC(=O)CC(=O)O.[CH2-]C.[Fe]. The summed E-state index contributed by atoms with van der Waals surface area (Å²) in [7, 11) is 0. The third kappa shape index (κ3) is 25.4. The van der Waals surface area contributed by atoms with Crippen molar-refractivity contribution in [3.63, 3.8) is 0 Å². The van der Waals surface area contributed by atoms with Gasteiger partial charge in [0.2, 0.25) is 0 Å². The third-order valence-electron chi connectivity index (χ3n) is 0.400. The zero-order valence-electron chi connectivity index (χ0n) is 6.03. The average molecular weight is 187 g/mol. The van der Waals surface area contributed by atoms with Gasteiger partial charge in [0.05, 0.1) is 0 Å². The van der Waals surface area contributed by atoms with E-state index in [2.05, 4.69) is 6.92 Å². The van der Waals surface area contributed by atoms with Gasteiger partial charge in [-0.1, -0.05) is 0 Å². The fourth-order valence-electron chi connectivity index (χ4n) is 0.213. The third-order valence-corrected chi connectivity index (χ3v) is 0.400. The summed E-state index contributed by atoms with van der Waals surface area (Å²) in [5.41, 5.74) is 0. The van der Waals surface area contributed by atoms with Crippen LogP contribution in [-0.2, 0) is 26.7 Å². The van der Waals surface area contributed by atoms with E-state index < -0.39 is 5.97 Å². The molecule has 0 aliphatic heterocycles. The number of hydrogen-bond acceptors (Lipinski definition) is 2. The van der Waals surface area contributed by atoms with Crippen molar-refractivity contribution in [1.29, 1.82) is 0 Å². The first-order valence-corrected chi connectivity index (χ1v) is 2.55. The van der Waals surface area contributed by atoms with Crippen molar-refractivity contribution in [2.45, 2.75) is 20.3 Å². The van der Waals surface area contributed by atoms with E-state index in [1.807, 2.05) is 0 Å². The summed E-state index contributed by atoms with van der Waals surface area (Å²) in [4.78, 5) is 19.5. The fourth-order valence-corrected chi connectivity index (χ4v) is 0.213. The molecule has 0 radical (unpaired) electrons. The molecule has 0 amide bonds. The maximum Gasteiger partial charge on any atom is 0.310 e. The molecule has 0 spiro atoms. The Morgan fingerprint density at radius 2 is 1.70 bits per heavy atom. The molecule has 0 unspecified atom stereocenters. The number of aliphatic carboxylic acids is 1. The monoisotopic (exact) mass is 187 g/mol. The molecule has 3 nitrogen and oxygen atoms in total. The van der Waals surface area contributed by atoms with E-state index in [1.165, 1.54) is 6.92 Å². The van der Waals surface area contributed by atoms with E-state index in [1.54, 1.807) is 6.92 Å². The molecule has 0 aliphatic rings. The van der Waals surface area contributed by atoms with Crippen LogP contribution in [0, 0.1) is 6.92 Å². The van der Waals surface area contributed by atoms with Crippen LogP contribution in [0.1, 0.15) is 20.3 Å². The van der Waals surface area contributed by atoms with Gasteiger partial charge in [-0.25, -0.2) is 0 Å². The second-order valence-corrected chi connectivity index (χ2v) is 1.27. The average Bonchev–Trinajstić information content (AvgIpc) is 1.68. The van der Waals surface area contributed by atoms with Gasteiger partial charge in [-0.3, -0.25) is 9.59 Å². The van der Waals surface area contributed by atoms with E-state index in [-0.39, 0.29) is 29.3 Å². The van der Waals surface area contributed by atoms with Crippen molar-refractivity contribution in [3.8, 4) is 0 Å². The first-order valence-electron chi connectivity index (χ1n) is 2.55. The molecule has 0 aromatic rings. The van der Waals surface area contributed by atoms with E-state index in [4.69, 9.17) is 5.11 Å². The first kappa shape index (κ1) is 16.3. The summed E-state index contributed by atoms with van der Waals surface area (Å²) in [5, 5.41) is 7.86. The maximum absolute atomic E-state index is 9.87. The number of carboxylic acids is 1. The molecule has 0 bridgehead atoms. The topological polar surface area (TPSA) is 54.4 Å². The Morgan fingerprint density at radius 3 is 1.70 bits per heavy atom. The van der Waals surface area contributed by atoms with Crippen molar-refractivity contribution in [3.05, 3.63) is 6.92 Å². The molecule has 0 rings (SSSR count). The number of Topliss-reactive ketones (excluding diaryl/α,β-unsaturated/α-hetero) is 1. The van der Waals surface area contributed by atoms with Crippen LogP contribution in [0.3, 0.4) is 0 Å². The van der Waals surface area contributed by atoms with Gasteiger partial charge in [-0.2, -0.15) is 6.92 Å². The number of rotatable bonds is 2. The van der Waals surface area contributed by atoms with Crippen LogP contribution >= 0.6 is 0 Å². The quantitative estimate of drug-likeness (QED) is 0.396. The van der Waals surface area contributed by atoms with Gasteiger partial charge in [0, 0.05) is 17.1 Å². The minimum absolute atomic E-state index is 0. The van der Waals surface area contributed by atoms with Crippen molar-refractivity contribution in [1.82, 2.24) is 0 Å². The Morgan fingerprint density at radius 1 is 1.40 bits per heavy atom. The predicted octanol–water partition coefficient (Wildman–Crippen LogP) is 0.888.